The molecule has 1 heterocycles. The number of rotatable bonds is 10. The Balaban J connectivity index is 1.74. The Morgan fingerprint density at radius 2 is 1.90 bits per heavy atom. The summed E-state index contributed by atoms with van der Waals surface area (Å²) in [5.74, 6) is 3.24. The van der Waals surface area contributed by atoms with E-state index in [1.54, 1.807) is 42.0 Å². The van der Waals surface area contributed by atoms with E-state index < -0.39 is 0 Å². The van der Waals surface area contributed by atoms with Crippen molar-refractivity contribution in [2.75, 3.05) is 31.5 Å². The molecule has 0 radical (unpaired) electrons. The van der Waals surface area contributed by atoms with Crippen LogP contribution in [0.3, 0.4) is 0 Å². The molecule has 0 saturated heterocycles. The molecule has 3 aromatic rings. The predicted octanol–water partition coefficient (Wildman–Crippen LogP) is 5.08. The third kappa shape index (κ3) is 6.06. The first-order chi connectivity index (χ1) is 14.6. The van der Waals surface area contributed by atoms with Crippen LogP contribution in [-0.4, -0.2) is 42.0 Å². The molecule has 30 heavy (non-hydrogen) atoms. The van der Waals surface area contributed by atoms with E-state index in [9.17, 15) is 4.79 Å². The van der Waals surface area contributed by atoms with E-state index in [0.717, 1.165) is 43.7 Å². The molecule has 0 bridgehead atoms. The maximum Gasteiger partial charge on any atom is 0.249 e. The molecule has 1 amide bonds. The Morgan fingerprint density at radius 3 is 2.60 bits per heavy atom. The maximum absolute atomic E-state index is 12.5. The number of carbonyl (C=O) groups is 1. The molecule has 0 unspecified atom stereocenters. The predicted molar refractivity (Wildman–Crippen MR) is 128 cm³/mol. The molecule has 0 spiro atoms. The van der Waals surface area contributed by atoms with Crippen molar-refractivity contribution >= 4 is 51.0 Å². The van der Waals surface area contributed by atoms with Crippen LogP contribution in [0, 0.1) is 0 Å². The van der Waals surface area contributed by atoms with Crippen molar-refractivity contribution in [3.05, 3.63) is 47.3 Å². The zero-order chi connectivity index (χ0) is 21.3. The fourth-order valence-electron chi connectivity index (χ4n) is 2.88. The van der Waals surface area contributed by atoms with Gasteiger partial charge in [0, 0.05) is 29.4 Å². The van der Waals surface area contributed by atoms with Gasteiger partial charge in [0.25, 0.3) is 0 Å². The van der Waals surface area contributed by atoms with Gasteiger partial charge in [-0.2, -0.15) is 16.8 Å². The van der Waals surface area contributed by atoms with Gasteiger partial charge in [0.2, 0.25) is 5.91 Å². The molecule has 8 heteroatoms. The topological polar surface area (TPSA) is 52.8 Å². The molecule has 0 aliphatic carbocycles. The van der Waals surface area contributed by atoms with Gasteiger partial charge in [-0.25, -0.2) is 0 Å². The summed E-state index contributed by atoms with van der Waals surface area (Å²) in [7, 11) is 1.65. The highest BCUT2D eigenvalue weighted by molar-refractivity contribution is 7.99. The van der Waals surface area contributed by atoms with E-state index in [4.69, 9.17) is 9.47 Å². The number of methoxy groups -OCH3 is 1. The number of fused-ring (bicyclic) bond motifs is 1. The second-order valence-electron chi connectivity index (χ2n) is 6.37. The first-order valence-corrected chi connectivity index (χ1v) is 12.9. The summed E-state index contributed by atoms with van der Waals surface area (Å²) in [4.78, 5) is 18.9. The van der Waals surface area contributed by atoms with Crippen LogP contribution in [0.5, 0.6) is 11.5 Å². The van der Waals surface area contributed by atoms with E-state index >= 15 is 0 Å². The fourth-order valence-corrected chi connectivity index (χ4v) is 5.19. The Morgan fingerprint density at radius 1 is 1.13 bits per heavy atom. The molecular formula is C22H26N2O3S3. The van der Waals surface area contributed by atoms with Crippen LogP contribution in [-0.2, 0) is 11.3 Å². The van der Waals surface area contributed by atoms with Crippen molar-refractivity contribution in [2.24, 2.45) is 4.99 Å². The second kappa shape index (κ2) is 11.5. The summed E-state index contributed by atoms with van der Waals surface area (Å²) < 4.78 is 14.0. The van der Waals surface area contributed by atoms with Gasteiger partial charge >= 0.3 is 0 Å². The highest BCUT2D eigenvalue weighted by atomic mass is 32.2. The minimum Gasteiger partial charge on any atom is -0.497 e. The number of carbonyl (C=O) groups excluding carboxylic acids is 1. The molecule has 0 aliphatic heterocycles. The lowest BCUT2D eigenvalue weighted by Crippen LogP contribution is -2.18. The second-order valence-corrected chi connectivity index (χ2v) is 9.53. The molecule has 0 atom stereocenters. The van der Waals surface area contributed by atoms with Crippen LogP contribution in [0.15, 0.2) is 52.4 Å². The molecule has 160 valence electrons. The van der Waals surface area contributed by atoms with E-state index in [2.05, 4.69) is 21.9 Å². The van der Waals surface area contributed by atoms with Gasteiger partial charge in [-0.3, -0.25) is 4.79 Å². The van der Waals surface area contributed by atoms with Crippen LogP contribution in [0.25, 0.3) is 10.2 Å². The van der Waals surface area contributed by atoms with Crippen molar-refractivity contribution in [3.63, 3.8) is 0 Å². The summed E-state index contributed by atoms with van der Waals surface area (Å²) >= 11 is 4.97. The number of thiazole rings is 1. The quantitative estimate of drug-likeness (QED) is 0.393. The molecule has 0 fully saturated rings. The smallest absolute Gasteiger partial charge is 0.249 e. The monoisotopic (exact) mass is 462 g/mol. The van der Waals surface area contributed by atoms with Crippen molar-refractivity contribution in [1.29, 1.82) is 0 Å². The Hall–Kier alpha value is -1.90. The number of hydrogen-bond donors (Lipinski definition) is 0. The molecule has 5 nitrogen and oxygen atoms in total. The standard InChI is InChI=1S/C22H26N2O3S3/c1-4-27-17-7-10-19-20(15-17)30-22(24(19)12-14-28-3)23-21(25)11-13-29-18-8-5-16(26-2)6-9-18/h5-10,15H,4,11-14H2,1-3H3. The first kappa shape index (κ1) is 22.8. The number of thioether (sulfide) groups is 2. The summed E-state index contributed by atoms with van der Waals surface area (Å²) in [5, 5.41) is 0. The number of ether oxygens (including phenoxy) is 2. The van der Waals surface area contributed by atoms with Gasteiger partial charge in [-0.15, -0.1) is 11.8 Å². The summed E-state index contributed by atoms with van der Waals surface area (Å²) in [6.07, 6.45) is 2.48. The van der Waals surface area contributed by atoms with Crippen molar-refractivity contribution in [2.45, 2.75) is 24.8 Å². The molecule has 0 N–H and O–H groups in total. The Kier molecular flexibility index (Phi) is 8.72. The van der Waals surface area contributed by atoms with Crippen LogP contribution < -0.4 is 14.3 Å². The number of aryl methyl sites for hydroxylation is 1. The van der Waals surface area contributed by atoms with Gasteiger partial charge in [-0.1, -0.05) is 11.3 Å². The third-order valence-electron chi connectivity index (χ3n) is 4.35. The van der Waals surface area contributed by atoms with E-state index in [1.807, 2.05) is 43.3 Å². The number of nitrogens with zero attached hydrogens (tertiary/aromatic N) is 2. The number of amides is 1. The van der Waals surface area contributed by atoms with Gasteiger partial charge in [0.1, 0.15) is 11.5 Å². The zero-order valence-electron chi connectivity index (χ0n) is 17.4. The zero-order valence-corrected chi connectivity index (χ0v) is 19.9. The third-order valence-corrected chi connectivity index (χ3v) is 6.99. The first-order valence-electron chi connectivity index (χ1n) is 9.74. The van der Waals surface area contributed by atoms with Crippen LogP contribution in [0.2, 0.25) is 0 Å². The van der Waals surface area contributed by atoms with Crippen LogP contribution >= 0.6 is 34.9 Å². The molecular weight excluding hydrogens is 436 g/mol. The van der Waals surface area contributed by atoms with Gasteiger partial charge in [0.15, 0.2) is 4.80 Å². The summed E-state index contributed by atoms with van der Waals surface area (Å²) in [6, 6.07) is 13.9. The largest absolute Gasteiger partial charge is 0.497 e. The van der Waals surface area contributed by atoms with Crippen molar-refractivity contribution < 1.29 is 14.3 Å². The summed E-state index contributed by atoms with van der Waals surface area (Å²) in [6.45, 7) is 3.42. The van der Waals surface area contributed by atoms with Crippen LogP contribution in [0.4, 0.5) is 0 Å². The molecule has 0 saturated carbocycles. The average molecular weight is 463 g/mol. The van der Waals surface area contributed by atoms with Gasteiger partial charge in [-0.05, 0) is 55.6 Å². The lowest BCUT2D eigenvalue weighted by molar-refractivity contribution is -0.117. The highest BCUT2D eigenvalue weighted by Gasteiger charge is 2.09. The number of benzene rings is 2. The van der Waals surface area contributed by atoms with Crippen molar-refractivity contribution in [1.82, 2.24) is 4.57 Å². The maximum atomic E-state index is 12.5. The minimum absolute atomic E-state index is 0.0921. The Labute approximate surface area is 189 Å². The van der Waals surface area contributed by atoms with Crippen molar-refractivity contribution in [3.8, 4) is 11.5 Å². The average Bonchev–Trinajstić information content (AvgIpc) is 3.09. The number of hydrogen-bond acceptors (Lipinski definition) is 6. The molecule has 2 aromatic carbocycles. The fraction of sp³-hybridized carbons (Fsp3) is 0.364. The van der Waals surface area contributed by atoms with Gasteiger partial charge < -0.3 is 14.0 Å². The lowest BCUT2D eigenvalue weighted by Gasteiger charge is -2.05. The lowest BCUT2D eigenvalue weighted by atomic mass is 10.3. The van der Waals surface area contributed by atoms with Gasteiger partial charge in [0.05, 0.1) is 23.9 Å². The molecule has 0 aliphatic rings. The summed E-state index contributed by atoms with van der Waals surface area (Å²) in [5.41, 5.74) is 1.09. The van der Waals surface area contributed by atoms with E-state index in [1.165, 1.54) is 0 Å². The normalized spacial score (nSPS) is 11.8. The van der Waals surface area contributed by atoms with E-state index in [-0.39, 0.29) is 5.91 Å². The SMILES string of the molecule is CCOc1ccc2c(c1)sc(=NC(=O)CCSc1ccc(OC)cc1)n2CCSC. The Bertz CT molecular complexity index is 1040. The molecule has 1 aromatic heterocycles. The molecule has 3 rings (SSSR count). The van der Waals surface area contributed by atoms with E-state index in [0.29, 0.717) is 18.8 Å². The highest BCUT2D eigenvalue weighted by Crippen LogP contribution is 2.24. The minimum atomic E-state index is -0.0921. The number of aromatic nitrogens is 1. The van der Waals surface area contributed by atoms with Crippen LogP contribution in [0.1, 0.15) is 13.3 Å².